The molecule has 0 spiro atoms. The van der Waals surface area contributed by atoms with Crippen LogP contribution in [0.5, 0.6) is 5.75 Å². The van der Waals surface area contributed by atoms with Gasteiger partial charge in [-0.3, -0.25) is 4.79 Å². The van der Waals surface area contributed by atoms with E-state index in [2.05, 4.69) is 5.32 Å². The average molecular weight is 243 g/mol. The molecular weight excluding hydrogens is 230 g/mol. The van der Waals surface area contributed by atoms with Crippen molar-refractivity contribution in [1.82, 2.24) is 0 Å². The Hall–Kier alpha value is -2.53. The summed E-state index contributed by atoms with van der Waals surface area (Å²) in [5.74, 6) is -0.0378. The van der Waals surface area contributed by atoms with Crippen molar-refractivity contribution in [2.45, 2.75) is 13.8 Å². The van der Waals surface area contributed by atoms with Crippen molar-refractivity contribution < 1.29 is 9.53 Å². The molecule has 0 aliphatic heterocycles. The summed E-state index contributed by atoms with van der Waals surface area (Å²) in [5, 5.41) is 20.2. The fourth-order valence-corrected chi connectivity index (χ4v) is 1.19. The van der Waals surface area contributed by atoms with Crippen LogP contribution < -0.4 is 10.1 Å². The number of ether oxygens (including phenoxy) is 1. The lowest BCUT2D eigenvalue weighted by Gasteiger charge is -2.16. The minimum atomic E-state index is -1.13. The molecule has 0 heterocycles. The van der Waals surface area contributed by atoms with Gasteiger partial charge in [-0.25, -0.2) is 0 Å². The van der Waals surface area contributed by atoms with Crippen molar-refractivity contribution >= 4 is 11.6 Å². The van der Waals surface area contributed by atoms with Gasteiger partial charge >= 0.3 is 0 Å². The van der Waals surface area contributed by atoms with Gasteiger partial charge < -0.3 is 10.1 Å². The van der Waals surface area contributed by atoms with Crippen LogP contribution in [0, 0.1) is 28.1 Å². The van der Waals surface area contributed by atoms with Gasteiger partial charge in [0, 0.05) is 6.07 Å². The molecule has 0 aliphatic carbocycles. The molecule has 0 aromatic heterocycles. The quantitative estimate of drug-likeness (QED) is 0.880. The third-order valence-electron chi connectivity index (χ3n) is 2.43. The summed E-state index contributed by atoms with van der Waals surface area (Å²) in [4.78, 5) is 11.8. The van der Waals surface area contributed by atoms with E-state index in [0.717, 1.165) is 0 Å². The van der Waals surface area contributed by atoms with E-state index in [1.165, 1.54) is 27.0 Å². The maximum atomic E-state index is 11.8. The highest BCUT2D eigenvalue weighted by Crippen LogP contribution is 2.27. The molecule has 92 valence electrons. The number of rotatable bonds is 3. The first kappa shape index (κ1) is 13.5. The second kappa shape index (κ2) is 5.20. The summed E-state index contributed by atoms with van der Waals surface area (Å²) in [6.45, 7) is 3.05. The first-order valence-corrected chi connectivity index (χ1v) is 5.25. The maximum absolute atomic E-state index is 11.8. The summed E-state index contributed by atoms with van der Waals surface area (Å²) in [5.41, 5.74) is -0.256. The van der Waals surface area contributed by atoms with Gasteiger partial charge in [0.15, 0.2) is 0 Å². The number of hydrogen-bond donors (Lipinski definition) is 1. The van der Waals surface area contributed by atoms with Crippen LogP contribution in [0.1, 0.15) is 19.4 Å². The van der Waals surface area contributed by atoms with Crippen LogP contribution in [0.25, 0.3) is 0 Å². The summed E-state index contributed by atoms with van der Waals surface area (Å²) >= 11 is 0. The fourth-order valence-electron chi connectivity index (χ4n) is 1.19. The predicted octanol–water partition coefficient (Wildman–Crippen LogP) is 2.06. The molecule has 0 unspecified atom stereocenters. The van der Waals surface area contributed by atoms with Crippen molar-refractivity contribution in [2.75, 3.05) is 12.4 Å². The van der Waals surface area contributed by atoms with Crippen molar-refractivity contribution in [2.24, 2.45) is 5.41 Å². The van der Waals surface area contributed by atoms with Crippen molar-refractivity contribution in [3.05, 3.63) is 23.8 Å². The SMILES string of the molecule is COc1cc(C#N)ccc1NC(=O)C(C)(C)C#N. The largest absolute Gasteiger partial charge is 0.495 e. The van der Waals surface area contributed by atoms with E-state index in [-0.39, 0.29) is 0 Å². The summed E-state index contributed by atoms with van der Waals surface area (Å²) in [6, 6.07) is 8.56. The lowest BCUT2D eigenvalue weighted by molar-refractivity contribution is -0.121. The first-order valence-electron chi connectivity index (χ1n) is 5.25. The number of anilines is 1. The van der Waals surface area contributed by atoms with Crippen LogP contribution in [0.15, 0.2) is 18.2 Å². The lowest BCUT2D eigenvalue weighted by Crippen LogP contribution is -2.29. The number of methoxy groups -OCH3 is 1. The average Bonchev–Trinajstić information content (AvgIpc) is 2.38. The van der Waals surface area contributed by atoms with E-state index in [1.54, 1.807) is 12.1 Å². The van der Waals surface area contributed by atoms with Gasteiger partial charge in [0.05, 0.1) is 30.5 Å². The van der Waals surface area contributed by atoms with E-state index in [9.17, 15) is 4.79 Å². The summed E-state index contributed by atoms with van der Waals surface area (Å²) in [7, 11) is 1.45. The molecule has 0 radical (unpaired) electrons. The van der Waals surface area contributed by atoms with Gasteiger partial charge in [0.1, 0.15) is 11.2 Å². The van der Waals surface area contributed by atoms with Gasteiger partial charge in [0.25, 0.3) is 0 Å². The number of hydrogen-bond acceptors (Lipinski definition) is 4. The van der Waals surface area contributed by atoms with Gasteiger partial charge in [-0.15, -0.1) is 0 Å². The second-order valence-electron chi connectivity index (χ2n) is 4.22. The number of benzene rings is 1. The number of nitriles is 2. The standard InChI is InChI=1S/C13H13N3O2/c1-13(2,8-15)12(17)16-10-5-4-9(7-14)6-11(10)18-3/h4-6H,1-3H3,(H,16,17). The Bertz CT molecular complexity index is 550. The number of carbonyl (C=O) groups is 1. The molecule has 0 saturated heterocycles. The lowest BCUT2D eigenvalue weighted by atomic mass is 9.94. The fraction of sp³-hybridized carbons (Fsp3) is 0.308. The maximum Gasteiger partial charge on any atom is 0.244 e. The van der Waals surface area contributed by atoms with Crippen LogP contribution in [0.2, 0.25) is 0 Å². The number of nitrogens with zero attached hydrogens (tertiary/aromatic N) is 2. The van der Waals surface area contributed by atoms with Gasteiger partial charge in [-0.2, -0.15) is 10.5 Å². The zero-order chi connectivity index (χ0) is 13.8. The molecule has 1 aromatic carbocycles. The zero-order valence-electron chi connectivity index (χ0n) is 10.4. The smallest absolute Gasteiger partial charge is 0.244 e. The third-order valence-corrected chi connectivity index (χ3v) is 2.43. The van der Waals surface area contributed by atoms with Crippen LogP contribution in [-0.2, 0) is 4.79 Å². The Labute approximate surface area is 106 Å². The molecule has 0 bridgehead atoms. The Morgan fingerprint density at radius 2 is 2.06 bits per heavy atom. The van der Waals surface area contributed by atoms with Gasteiger partial charge in [-0.1, -0.05) is 0 Å². The Morgan fingerprint density at radius 1 is 1.39 bits per heavy atom. The monoisotopic (exact) mass is 243 g/mol. The van der Waals surface area contributed by atoms with Crippen LogP contribution in [0.4, 0.5) is 5.69 Å². The molecule has 0 saturated carbocycles. The molecule has 5 heteroatoms. The highest BCUT2D eigenvalue weighted by molar-refractivity contribution is 5.97. The Balaban J connectivity index is 3.03. The van der Waals surface area contributed by atoms with E-state index in [0.29, 0.717) is 17.0 Å². The molecule has 0 atom stereocenters. The highest BCUT2D eigenvalue weighted by atomic mass is 16.5. The Morgan fingerprint density at radius 3 is 2.56 bits per heavy atom. The van der Waals surface area contributed by atoms with Gasteiger partial charge in [-0.05, 0) is 26.0 Å². The van der Waals surface area contributed by atoms with E-state index < -0.39 is 11.3 Å². The molecule has 18 heavy (non-hydrogen) atoms. The van der Waals surface area contributed by atoms with E-state index in [4.69, 9.17) is 15.3 Å². The Kier molecular flexibility index (Phi) is 3.91. The normalized spacial score (nSPS) is 10.1. The van der Waals surface area contributed by atoms with Crippen molar-refractivity contribution in [3.63, 3.8) is 0 Å². The third kappa shape index (κ3) is 2.78. The van der Waals surface area contributed by atoms with E-state index >= 15 is 0 Å². The number of amides is 1. The van der Waals surface area contributed by atoms with E-state index in [1.807, 2.05) is 12.1 Å². The predicted molar refractivity (Wildman–Crippen MR) is 65.7 cm³/mol. The van der Waals surface area contributed by atoms with Crippen LogP contribution in [-0.4, -0.2) is 13.0 Å². The molecule has 5 nitrogen and oxygen atoms in total. The first-order chi connectivity index (χ1) is 8.44. The zero-order valence-corrected chi connectivity index (χ0v) is 10.4. The summed E-state index contributed by atoms with van der Waals surface area (Å²) in [6.07, 6.45) is 0. The van der Waals surface area contributed by atoms with Gasteiger partial charge in [0.2, 0.25) is 5.91 Å². The van der Waals surface area contributed by atoms with Crippen LogP contribution >= 0.6 is 0 Å². The molecular formula is C13H13N3O2. The minimum absolute atomic E-state index is 0.385. The highest BCUT2D eigenvalue weighted by Gasteiger charge is 2.27. The molecule has 1 rings (SSSR count). The number of nitrogens with one attached hydrogen (secondary N) is 1. The molecule has 1 amide bonds. The molecule has 0 fully saturated rings. The second-order valence-corrected chi connectivity index (χ2v) is 4.22. The van der Waals surface area contributed by atoms with Crippen molar-refractivity contribution in [3.8, 4) is 17.9 Å². The molecule has 1 aromatic rings. The summed E-state index contributed by atoms with van der Waals surface area (Å²) < 4.78 is 5.09. The topological polar surface area (TPSA) is 85.9 Å². The van der Waals surface area contributed by atoms with Crippen LogP contribution in [0.3, 0.4) is 0 Å². The number of carbonyl (C=O) groups excluding carboxylic acids is 1. The molecule has 1 N–H and O–H groups in total. The van der Waals surface area contributed by atoms with Crippen molar-refractivity contribution in [1.29, 1.82) is 10.5 Å². The molecule has 0 aliphatic rings. The minimum Gasteiger partial charge on any atom is -0.495 e.